The van der Waals surface area contributed by atoms with E-state index >= 15 is 0 Å². The van der Waals surface area contributed by atoms with E-state index in [9.17, 15) is 4.79 Å². The van der Waals surface area contributed by atoms with E-state index in [1.54, 1.807) is 26.5 Å². The molecule has 0 saturated heterocycles. The molecule has 2 aromatic rings. The molecule has 0 bridgehead atoms. The SMILES string of the molecule is COC(=O)[C@H](C=NCc1ccc(OC)cc1OC)Cc1cc(Cl)ccc1C. The highest BCUT2D eigenvalue weighted by atomic mass is 35.5. The molecule has 0 heterocycles. The molecule has 0 fully saturated rings. The Morgan fingerprint density at radius 2 is 1.89 bits per heavy atom. The van der Waals surface area contributed by atoms with E-state index < -0.39 is 5.92 Å². The molecule has 0 aliphatic rings. The van der Waals surface area contributed by atoms with Crippen LogP contribution in [0.25, 0.3) is 0 Å². The van der Waals surface area contributed by atoms with Crippen molar-refractivity contribution in [2.24, 2.45) is 10.9 Å². The van der Waals surface area contributed by atoms with Crippen molar-refractivity contribution < 1.29 is 19.0 Å². The molecule has 1 atom stereocenters. The Hall–Kier alpha value is -2.53. The summed E-state index contributed by atoms with van der Waals surface area (Å²) in [4.78, 5) is 16.6. The van der Waals surface area contributed by atoms with Crippen molar-refractivity contribution in [1.29, 1.82) is 0 Å². The number of halogens is 1. The predicted octanol–water partition coefficient (Wildman–Crippen LogP) is 4.27. The topological polar surface area (TPSA) is 57.1 Å². The van der Waals surface area contributed by atoms with E-state index in [2.05, 4.69) is 4.99 Å². The number of carbonyl (C=O) groups is 1. The molecule has 0 unspecified atom stereocenters. The van der Waals surface area contributed by atoms with E-state index in [4.69, 9.17) is 25.8 Å². The van der Waals surface area contributed by atoms with E-state index in [-0.39, 0.29) is 5.97 Å². The lowest BCUT2D eigenvalue weighted by atomic mass is 9.97. The molecular weight excluding hydrogens is 366 g/mol. The summed E-state index contributed by atoms with van der Waals surface area (Å²) in [5.41, 5.74) is 2.96. The molecule has 0 spiro atoms. The molecule has 2 aromatic carbocycles. The summed E-state index contributed by atoms with van der Waals surface area (Å²) in [6.45, 7) is 2.37. The Bertz CT molecular complexity index is 820. The molecule has 0 aromatic heterocycles. The van der Waals surface area contributed by atoms with Gasteiger partial charge in [0.15, 0.2) is 0 Å². The van der Waals surface area contributed by atoms with Gasteiger partial charge in [0.05, 0.1) is 33.8 Å². The molecule has 27 heavy (non-hydrogen) atoms. The molecule has 5 nitrogen and oxygen atoms in total. The van der Waals surface area contributed by atoms with Gasteiger partial charge in [0.1, 0.15) is 11.5 Å². The maximum absolute atomic E-state index is 12.2. The average Bonchev–Trinajstić information content (AvgIpc) is 2.69. The summed E-state index contributed by atoms with van der Waals surface area (Å²) in [6, 6.07) is 11.2. The Morgan fingerprint density at radius 1 is 1.11 bits per heavy atom. The molecular formula is C21H24ClNO4. The molecule has 0 radical (unpaired) electrons. The van der Waals surface area contributed by atoms with E-state index in [1.165, 1.54) is 7.11 Å². The van der Waals surface area contributed by atoms with E-state index in [1.807, 2.05) is 37.3 Å². The number of nitrogens with zero attached hydrogens (tertiary/aromatic N) is 1. The minimum atomic E-state index is -0.489. The van der Waals surface area contributed by atoms with Gasteiger partial charge in [0.2, 0.25) is 0 Å². The van der Waals surface area contributed by atoms with Crippen molar-refractivity contribution in [3.63, 3.8) is 0 Å². The van der Waals surface area contributed by atoms with Gasteiger partial charge in [-0.05, 0) is 48.7 Å². The van der Waals surface area contributed by atoms with Crippen molar-refractivity contribution in [3.05, 3.63) is 58.1 Å². The van der Waals surface area contributed by atoms with Crippen molar-refractivity contribution in [1.82, 2.24) is 0 Å². The summed E-state index contributed by atoms with van der Waals surface area (Å²) in [5.74, 6) is 0.575. The van der Waals surface area contributed by atoms with Gasteiger partial charge >= 0.3 is 5.97 Å². The van der Waals surface area contributed by atoms with Gasteiger partial charge < -0.3 is 14.2 Å². The van der Waals surface area contributed by atoms with Gasteiger partial charge in [0, 0.05) is 22.9 Å². The fourth-order valence-electron chi connectivity index (χ4n) is 2.71. The van der Waals surface area contributed by atoms with Crippen LogP contribution in [0.3, 0.4) is 0 Å². The van der Waals surface area contributed by atoms with Crippen LogP contribution in [-0.4, -0.2) is 33.5 Å². The fraction of sp³-hybridized carbons (Fsp3) is 0.333. The van der Waals surface area contributed by atoms with Gasteiger partial charge in [-0.15, -0.1) is 0 Å². The number of benzene rings is 2. The molecule has 2 rings (SSSR count). The first kappa shape index (κ1) is 20.8. The highest BCUT2D eigenvalue weighted by molar-refractivity contribution is 6.30. The number of aryl methyl sites for hydroxylation is 1. The number of hydrogen-bond acceptors (Lipinski definition) is 5. The van der Waals surface area contributed by atoms with Crippen molar-refractivity contribution in [2.45, 2.75) is 19.9 Å². The zero-order valence-corrected chi connectivity index (χ0v) is 16.7. The van der Waals surface area contributed by atoms with Crippen LogP contribution >= 0.6 is 11.6 Å². The lowest BCUT2D eigenvalue weighted by Gasteiger charge is -2.13. The summed E-state index contributed by atoms with van der Waals surface area (Å²) >= 11 is 6.08. The minimum absolute atomic E-state index is 0.333. The first-order valence-corrected chi connectivity index (χ1v) is 8.90. The minimum Gasteiger partial charge on any atom is -0.497 e. The second-order valence-electron chi connectivity index (χ2n) is 6.07. The van der Waals surface area contributed by atoms with Gasteiger partial charge in [-0.3, -0.25) is 9.79 Å². The van der Waals surface area contributed by atoms with Crippen LogP contribution in [0.1, 0.15) is 16.7 Å². The van der Waals surface area contributed by atoms with Crippen molar-refractivity contribution >= 4 is 23.8 Å². The zero-order chi connectivity index (χ0) is 19.8. The Morgan fingerprint density at radius 3 is 2.56 bits per heavy atom. The summed E-state index contributed by atoms with van der Waals surface area (Å²) in [6.07, 6.45) is 2.11. The van der Waals surface area contributed by atoms with Gasteiger partial charge in [-0.2, -0.15) is 0 Å². The van der Waals surface area contributed by atoms with Gasteiger partial charge in [-0.25, -0.2) is 0 Å². The van der Waals surface area contributed by atoms with Gasteiger partial charge in [0.25, 0.3) is 0 Å². The summed E-state index contributed by atoms with van der Waals surface area (Å²) in [5, 5.41) is 0.638. The molecule has 0 N–H and O–H groups in total. The first-order valence-electron chi connectivity index (χ1n) is 8.52. The van der Waals surface area contributed by atoms with Crippen LogP contribution in [0.4, 0.5) is 0 Å². The predicted molar refractivity (Wildman–Crippen MR) is 107 cm³/mol. The number of methoxy groups -OCH3 is 3. The fourth-order valence-corrected chi connectivity index (χ4v) is 2.90. The standard InChI is InChI=1S/C21H24ClNO4/c1-14-5-7-18(22)10-16(14)9-17(21(24)27-4)13-23-12-15-6-8-19(25-2)11-20(15)26-3/h5-8,10-11,13,17H,9,12H2,1-4H3/t17-/m0/s1. The quantitative estimate of drug-likeness (QED) is 0.499. The largest absolute Gasteiger partial charge is 0.497 e. The van der Waals surface area contributed by atoms with E-state index in [0.717, 1.165) is 16.7 Å². The molecule has 0 saturated carbocycles. The van der Waals surface area contributed by atoms with Crippen LogP contribution in [0.5, 0.6) is 11.5 Å². The number of rotatable bonds is 8. The lowest BCUT2D eigenvalue weighted by Crippen LogP contribution is -2.20. The van der Waals surface area contributed by atoms with Crippen LogP contribution in [0.15, 0.2) is 41.4 Å². The number of carbonyl (C=O) groups excluding carboxylic acids is 1. The summed E-state index contributed by atoms with van der Waals surface area (Å²) < 4.78 is 15.5. The molecule has 6 heteroatoms. The zero-order valence-electron chi connectivity index (χ0n) is 16.0. The molecule has 144 valence electrons. The normalized spacial score (nSPS) is 12.0. The highest BCUT2D eigenvalue weighted by Gasteiger charge is 2.19. The van der Waals surface area contributed by atoms with Crippen LogP contribution < -0.4 is 9.47 Å². The number of hydrogen-bond donors (Lipinski definition) is 0. The molecule has 0 amide bonds. The van der Waals surface area contributed by atoms with Crippen LogP contribution in [0, 0.1) is 12.8 Å². The summed E-state index contributed by atoms with van der Waals surface area (Å²) in [7, 11) is 4.58. The average molecular weight is 390 g/mol. The van der Waals surface area contributed by atoms with Crippen molar-refractivity contribution in [3.8, 4) is 11.5 Å². The lowest BCUT2D eigenvalue weighted by molar-refractivity contribution is -0.142. The first-order chi connectivity index (χ1) is 13.0. The Balaban J connectivity index is 2.16. The van der Waals surface area contributed by atoms with E-state index in [0.29, 0.717) is 29.5 Å². The number of esters is 1. The molecule has 0 aliphatic heterocycles. The Labute approximate surface area is 164 Å². The monoisotopic (exact) mass is 389 g/mol. The third-order valence-electron chi connectivity index (χ3n) is 4.30. The highest BCUT2D eigenvalue weighted by Crippen LogP contribution is 2.25. The number of ether oxygens (including phenoxy) is 3. The second kappa shape index (κ2) is 9.97. The van der Waals surface area contributed by atoms with Gasteiger partial charge in [-0.1, -0.05) is 17.7 Å². The third-order valence-corrected chi connectivity index (χ3v) is 4.53. The van der Waals surface area contributed by atoms with Crippen molar-refractivity contribution in [2.75, 3.05) is 21.3 Å². The second-order valence-corrected chi connectivity index (χ2v) is 6.51. The molecule has 0 aliphatic carbocycles. The maximum atomic E-state index is 12.2. The Kier molecular flexibility index (Phi) is 7.67. The smallest absolute Gasteiger partial charge is 0.314 e. The van der Waals surface area contributed by atoms with Crippen LogP contribution in [-0.2, 0) is 22.5 Å². The third kappa shape index (κ3) is 5.73. The maximum Gasteiger partial charge on any atom is 0.314 e. The number of aliphatic imine (C=N–C) groups is 1. The van der Waals surface area contributed by atoms with Crippen LogP contribution in [0.2, 0.25) is 5.02 Å².